The van der Waals surface area contributed by atoms with Crippen LogP contribution in [0.15, 0.2) is 0 Å². The largest absolute Gasteiger partial charge is 0.348 e. The second kappa shape index (κ2) is 11.1. The second-order valence-corrected chi connectivity index (χ2v) is 7.74. The van der Waals surface area contributed by atoms with Gasteiger partial charge in [-0.2, -0.15) is 0 Å². The van der Waals surface area contributed by atoms with E-state index in [-0.39, 0.29) is 11.4 Å². The third kappa shape index (κ3) is 8.48. The maximum Gasteiger partial charge on any atom is 0.220 e. The molecule has 1 heterocycles. The molecule has 0 aliphatic carbocycles. The van der Waals surface area contributed by atoms with E-state index in [1.54, 1.807) is 0 Å². The summed E-state index contributed by atoms with van der Waals surface area (Å²) in [4.78, 5) is 12.2. The van der Waals surface area contributed by atoms with Gasteiger partial charge in [-0.05, 0) is 26.7 Å². The fraction of sp³-hybridized carbons (Fsp3) is 0.950. The molecule has 0 atom stereocenters. The number of ether oxygens (including phenoxy) is 2. The Balaban J connectivity index is 2.10. The Bertz CT molecular complexity index is 345. The lowest BCUT2D eigenvalue weighted by molar-refractivity contribution is -0.271. The maximum atomic E-state index is 12.2. The highest BCUT2D eigenvalue weighted by atomic mass is 16.7. The fourth-order valence-corrected chi connectivity index (χ4v) is 3.03. The van der Waals surface area contributed by atoms with Crippen LogP contribution >= 0.6 is 0 Å². The molecule has 24 heavy (non-hydrogen) atoms. The van der Waals surface area contributed by atoms with E-state index in [0.717, 1.165) is 19.3 Å². The molecular formula is C20H39NO3. The van der Waals surface area contributed by atoms with Crippen LogP contribution in [0.5, 0.6) is 0 Å². The molecule has 1 amide bonds. The summed E-state index contributed by atoms with van der Waals surface area (Å²) in [6.07, 6.45) is 12.9. The van der Waals surface area contributed by atoms with Crippen molar-refractivity contribution in [1.29, 1.82) is 0 Å². The van der Waals surface area contributed by atoms with E-state index in [1.807, 2.05) is 13.8 Å². The van der Waals surface area contributed by atoms with Crippen LogP contribution in [0.3, 0.4) is 0 Å². The average Bonchev–Trinajstić information content (AvgIpc) is 2.56. The quantitative estimate of drug-likeness (QED) is 0.511. The van der Waals surface area contributed by atoms with Crippen molar-refractivity contribution in [1.82, 2.24) is 5.32 Å². The van der Waals surface area contributed by atoms with Gasteiger partial charge in [0.2, 0.25) is 5.91 Å². The second-order valence-electron chi connectivity index (χ2n) is 7.74. The molecular weight excluding hydrogens is 302 g/mol. The van der Waals surface area contributed by atoms with E-state index >= 15 is 0 Å². The fourth-order valence-electron chi connectivity index (χ4n) is 3.03. The maximum absolute atomic E-state index is 12.2. The minimum Gasteiger partial charge on any atom is -0.348 e. The zero-order valence-corrected chi connectivity index (χ0v) is 16.4. The summed E-state index contributed by atoms with van der Waals surface area (Å²) in [5.74, 6) is -0.410. The Kier molecular flexibility index (Phi) is 9.91. The molecule has 1 rings (SSSR count). The van der Waals surface area contributed by atoms with Gasteiger partial charge in [-0.3, -0.25) is 4.79 Å². The molecule has 1 fully saturated rings. The van der Waals surface area contributed by atoms with Crippen LogP contribution in [-0.4, -0.2) is 30.4 Å². The molecule has 1 N–H and O–H groups in total. The Morgan fingerprint density at radius 3 is 1.88 bits per heavy atom. The first-order valence-electron chi connectivity index (χ1n) is 10.0. The number of unbranched alkanes of at least 4 members (excludes halogenated alkanes) is 8. The monoisotopic (exact) mass is 341 g/mol. The molecule has 0 bridgehead atoms. The number of hydrogen-bond donors (Lipinski definition) is 1. The van der Waals surface area contributed by atoms with E-state index in [2.05, 4.69) is 19.2 Å². The van der Waals surface area contributed by atoms with Crippen LogP contribution in [0, 0.1) is 0 Å². The highest BCUT2D eigenvalue weighted by molar-refractivity contribution is 5.76. The minimum absolute atomic E-state index is 0.131. The molecule has 0 aromatic rings. The summed E-state index contributed by atoms with van der Waals surface area (Å²) >= 11 is 0. The van der Waals surface area contributed by atoms with Crippen LogP contribution in [0.4, 0.5) is 0 Å². The lowest BCUT2D eigenvalue weighted by Crippen LogP contribution is -2.60. The highest BCUT2D eigenvalue weighted by Gasteiger charge is 2.39. The number of amides is 1. The molecule has 0 saturated carbocycles. The summed E-state index contributed by atoms with van der Waals surface area (Å²) in [5, 5.41) is 3.16. The molecule has 1 aliphatic rings. The van der Waals surface area contributed by atoms with Crippen molar-refractivity contribution in [2.45, 2.75) is 110 Å². The van der Waals surface area contributed by atoms with E-state index in [0.29, 0.717) is 19.6 Å². The summed E-state index contributed by atoms with van der Waals surface area (Å²) in [6.45, 7) is 9.21. The van der Waals surface area contributed by atoms with Gasteiger partial charge in [-0.25, -0.2) is 0 Å². The van der Waals surface area contributed by atoms with Crippen molar-refractivity contribution < 1.29 is 14.3 Å². The molecule has 1 aliphatic heterocycles. The van der Waals surface area contributed by atoms with Crippen molar-refractivity contribution in [3.63, 3.8) is 0 Å². The van der Waals surface area contributed by atoms with Gasteiger partial charge in [0.1, 0.15) is 0 Å². The van der Waals surface area contributed by atoms with Crippen LogP contribution in [0.2, 0.25) is 0 Å². The molecule has 0 spiro atoms. The van der Waals surface area contributed by atoms with Gasteiger partial charge in [0, 0.05) is 6.42 Å². The number of hydrogen-bond acceptors (Lipinski definition) is 3. The summed E-state index contributed by atoms with van der Waals surface area (Å²) in [5.41, 5.74) is -0.355. The molecule has 0 aromatic carbocycles. The summed E-state index contributed by atoms with van der Waals surface area (Å²) in [6, 6.07) is 0. The Labute approximate surface area is 149 Å². The van der Waals surface area contributed by atoms with Crippen LogP contribution < -0.4 is 5.32 Å². The third-order valence-electron chi connectivity index (χ3n) is 4.98. The average molecular weight is 342 g/mol. The van der Waals surface area contributed by atoms with Gasteiger partial charge in [0.25, 0.3) is 0 Å². The van der Waals surface area contributed by atoms with Gasteiger partial charge in [-0.15, -0.1) is 0 Å². The van der Waals surface area contributed by atoms with E-state index < -0.39 is 5.79 Å². The topological polar surface area (TPSA) is 47.6 Å². The van der Waals surface area contributed by atoms with Gasteiger partial charge < -0.3 is 14.8 Å². The van der Waals surface area contributed by atoms with Crippen LogP contribution in [0.1, 0.15) is 98.3 Å². The van der Waals surface area contributed by atoms with Crippen molar-refractivity contribution in [2.24, 2.45) is 0 Å². The zero-order valence-electron chi connectivity index (χ0n) is 16.4. The van der Waals surface area contributed by atoms with Crippen molar-refractivity contribution in [3.05, 3.63) is 0 Å². The Morgan fingerprint density at radius 2 is 1.38 bits per heavy atom. The van der Waals surface area contributed by atoms with Gasteiger partial charge in [0.15, 0.2) is 5.79 Å². The standard InChI is InChI=1S/C20H39NO3/c1-5-7-8-9-10-11-12-13-14-15-18(22)21-20(6-2)16-23-19(3,4)24-17-20/h5-17H2,1-4H3,(H,21,22). The zero-order chi connectivity index (χ0) is 17.9. The Morgan fingerprint density at radius 1 is 0.875 bits per heavy atom. The van der Waals surface area contributed by atoms with Crippen molar-refractivity contribution in [2.75, 3.05) is 13.2 Å². The Hall–Kier alpha value is -0.610. The predicted octanol–water partition coefficient (Wildman–Crippen LogP) is 4.96. The number of nitrogens with one attached hydrogen (secondary N) is 1. The highest BCUT2D eigenvalue weighted by Crippen LogP contribution is 2.25. The predicted molar refractivity (Wildman–Crippen MR) is 99.0 cm³/mol. The normalized spacial score (nSPS) is 19.2. The molecule has 1 saturated heterocycles. The first kappa shape index (κ1) is 21.4. The first-order chi connectivity index (χ1) is 11.4. The molecule has 0 aromatic heterocycles. The van der Waals surface area contributed by atoms with Gasteiger partial charge in [0.05, 0.1) is 18.8 Å². The summed E-state index contributed by atoms with van der Waals surface area (Å²) < 4.78 is 11.5. The SMILES string of the molecule is CCCCCCCCCCCC(=O)NC1(CC)COC(C)(C)OC1. The van der Waals surface area contributed by atoms with E-state index in [1.165, 1.54) is 44.9 Å². The van der Waals surface area contributed by atoms with Crippen LogP contribution in [0.25, 0.3) is 0 Å². The summed E-state index contributed by atoms with van der Waals surface area (Å²) in [7, 11) is 0. The van der Waals surface area contributed by atoms with Gasteiger partial charge in [-0.1, -0.05) is 65.2 Å². The third-order valence-corrected chi connectivity index (χ3v) is 4.98. The smallest absolute Gasteiger partial charge is 0.220 e. The first-order valence-corrected chi connectivity index (χ1v) is 10.0. The molecule has 142 valence electrons. The lowest BCUT2D eigenvalue weighted by Gasteiger charge is -2.43. The van der Waals surface area contributed by atoms with Gasteiger partial charge >= 0.3 is 0 Å². The van der Waals surface area contributed by atoms with Crippen molar-refractivity contribution >= 4 is 5.91 Å². The van der Waals surface area contributed by atoms with E-state index in [9.17, 15) is 4.79 Å². The molecule has 4 nitrogen and oxygen atoms in total. The van der Waals surface area contributed by atoms with Crippen LogP contribution in [-0.2, 0) is 14.3 Å². The van der Waals surface area contributed by atoms with E-state index in [4.69, 9.17) is 9.47 Å². The number of rotatable bonds is 12. The van der Waals surface area contributed by atoms with Crippen molar-refractivity contribution in [3.8, 4) is 0 Å². The molecule has 0 radical (unpaired) electrons. The number of carbonyl (C=O) groups is 1. The molecule has 0 unspecified atom stereocenters. The minimum atomic E-state index is -0.541. The number of carbonyl (C=O) groups excluding carboxylic acids is 1. The lowest BCUT2D eigenvalue weighted by atomic mass is 9.96. The molecule has 4 heteroatoms.